The van der Waals surface area contributed by atoms with Gasteiger partial charge in [-0.1, -0.05) is 0 Å². The minimum atomic E-state index is -5.76. The van der Waals surface area contributed by atoms with Crippen LogP contribution in [0.5, 0.6) is 0 Å². The van der Waals surface area contributed by atoms with E-state index in [1.54, 1.807) is 0 Å². The molecule has 0 aliphatic rings. The summed E-state index contributed by atoms with van der Waals surface area (Å²) in [5.74, 6) is 0. The molecule has 0 aliphatic heterocycles. The first-order valence-electron chi connectivity index (χ1n) is 3.12. The Hall–Kier alpha value is -0.210. The van der Waals surface area contributed by atoms with Crippen LogP contribution in [0.1, 0.15) is 6.42 Å². The third kappa shape index (κ3) is 2.89. The molecular formula is C5H8ClF6NO. The highest BCUT2D eigenvalue weighted by Crippen LogP contribution is 2.44. The zero-order chi connectivity index (χ0) is 10.9. The van der Waals surface area contributed by atoms with Gasteiger partial charge in [-0.2, -0.15) is 26.3 Å². The molecule has 0 aromatic carbocycles. The third-order valence-corrected chi connectivity index (χ3v) is 1.44. The molecule has 0 heterocycles. The molecule has 0 saturated carbocycles. The van der Waals surface area contributed by atoms with E-state index in [9.17, 15) is 26.3 Å². The molecule has 3 N–H and O–H groups in total. The summed E-state index contributed by atoms with van der Waals surface area (Å²) in [5, 5.41) is 8.35. The molecule has 14 heavy (non-hydrogen) atoms. The van der Waals surface area contributed by atoms with E-state index in [0.29, 0.717) is 0 Å². The summed E-state index contributed by atoms with van der Waals surface area (Å²) in [6.45, 7) is -0.907. The fourth-order valence-electron chi connectivity index (χ4n) is 0.653. The highest BCUT2D eigenvalue weighted by Gasteiger charge is 2.69. The highest BCUT2D eigenvalue weighted by atomic mass is 35.5. The van der Waals surface area contributed by atoms with Gasteiger partial charge in [0.05, 0.1) is 0 Å². The number of hydrogen-bond donors (Lipinski definition) is 2. The molecule has 9 heteroatoms. The van der Waals surface area contributed by atoms with Crippen molar-refractivity contribution in [1.82, 2.24) is 0 Å². The van der Waals surface area contributed by atoms with E-state index in [2.05, 4.69) is 5.73 Å². The summed E-state index contributed by atoms with van der Waals surface area (Å²) in [6.07, 6.45) is -13.1. The molecular weight excluding hydrogens is 240 g/mol. The van der Waals surface area contributed by atoms with Crippen LogP contribution < -0.4 is 5.73 Å². The summed E-state index contributed by atoms with van der Waals surface area (Å²) in [6, 6.07) is 0. The van der Waals surface area contributed by atoms with Gasteiger partial charge in [-0.15, -0.1) is 12.4 Å². The van der Waals surface area contributed by atoms with Crippen molar-refractivity contribution in [1.29, 1.82) is 0 Å². The van der Waals surface area contributed by atoms with Crippen LogP contribution in [-0.4, -0.2) is 29.6 Å². The first-order valence-corrected chi connectivity index (χ1v) is 3.12. The van der Waals surface area contributed by atoms with Crippen LogP contribution in [0.2, 0.25) is 0 Å². The van der Waals surface area contributed by atoms with Gasteiger partial charge in [-0.3, -0.25) is 0 Å². The van der Waals surface area contributed by atoms with Gasteiger partial charge in [0, 0.05) is 6.42 Å². The Morgan fingerprint density at radius 2 is 1.21 bits per heavy atom. The van der Waals surface area contributed by atoms with Crippen molar-refractivity contribution >= 4 is 12.4 Å². The van der Waals surface area contributed by atoms with E-state index in [1.165, 1.54) is 0 Å². The van der Waals surface area contributed by atoms with Gasteiger partial charge in [0.15, 0.2) is 0 Å². The Morgan fingerprint density at radius 3 is 1.29 bits per heavy atom. The molecule has 0 saturated heterocycles. The third-order valence-electron chi connectivity index (χ3n) is 1.44. The maximum absolute atomic E-state index is 11.8. The quantitative estimate of drug-likeness (QED) is 0.729. The van der Waals surface area contributed by atoms with E-state index in [1.807, 2.05) is 0 Å². The van der Waals surface area contributed by atoms with Gasteiger partial charge in [0.2, 0.25) is 0 Å². The van der Waals surface area contributed by atoms with E-state index < -0.39 is 30.9 Å². The van der Waals surface area contributed by atoms with Crippen molar-refractivity contribution in [3.05, 3.63) is 0 Å². The summed E-state index contributed by atoms with van der Waals surface area (Å²) in [4.78, 5) is 0. The van der Waals surface area contributed by atoms with Gasteiger partial charge in [0.1, 0.15) is 0 Å². The van der Waals surface area contributed by atoms with Gasteiger partial charge < -0.3 is 10.8 Å². The van der Waals surface area contributed by atoms with Crippen molar-refractivity contribution < 1.29 is 31.4 Å². The van der Waals surface area contributed by atoms with Crippen LogP contribution in [0.15, 0.2) is 0 Å². The van der Waals surface area contributed by atoms with E-state index in [0.717, 1.165) is 0 Å². The summed E-state index contributed by atoms with van der Waals surface area (Å²) >= 11 is 0. The summed E-state index contributed by atoms with van der Waals surface area (Å²) in [7, 11) is 0. The normalized spacial score (nSPS) is 13.7. The van der Waals surface area contributed by atoms with Gasteiger partial charge >= 0.3 is 12.4 Å². The van der Waals surface area contributed by atoms with Crippen LogP contribution >= 0.6 is 12.4 Å². The second-order valence-corrected chi connectivity index (χ2v) is 2.39. The standard InChI is InChI=1S/C5H7F6NO.ClH/c6-4(7,8)3(13,1-2-12)5(9,10)11;/h13H,1-2,12H2;1H. The second-order valence-electron chi connectivity index (χ2n) is 2.39. The number of rotatable bonds is 2. The SMILES string of the molecule is Cl.NCCC(O)(C(F)(F)F)C(F)(F)F. The first-order chi connectivity index (χ1) is 5.56. The maximum Gasteiger partial charge on any atom is 0.426 e. The second kappa shape index (κ2) is 4.54. The van der Waals surface area contributed by atoms with Crippen LogP contribution in [0, 0.1) is 0 Å². The number of halogens is 7. The number of nitrogens with two attached hydrogens (primary N) is 1. The fourth-order valence-corrected chi connectivity index (χ4v) is 0.653. The number of hydrogen-bond acceptors (Lipinski definition) is 2. The van der Waals surface area contributed by atoms with Gasteiger partial charge in [-0.25, -0.2) is 0 Å². The fraction of sp³-hybridized carbons (Fsp3) is 1.00. The summed E-state index contributed by atoms with van der Waals surface area (Å²) < 4.78 is 70.6. The molecule has 0 rings (SSSR count). The Morgan fingerprint density at radius 1 is 0.929 bits per heavy atom. The molecule has 0 unspecified atom stereocenters. The van der Waals surface area contributed by atoms with Crippen molar-refractivity contribution in [2.45, 2.75) is 24.4 Å². The van der Waals surface area contributed by atoms with Crippen molar-refractivity contribution in [3.8, 4) is 0 Å². The molecule has 0 radical (unpaired) electrons. The highest BCUT2D eigenvalue weighted by molar-refractivity contribution is 5.85. The van der Waals surface area contributed by atoms with E-state index >= 15 is 0 Å². The topological polar surface area (TPSA) is 46.2 Å². The lowest BCUT2D eigenvalue weighted by molar-refractivity contribution is -0.369. The summed E-state index contributed by atoms with van der Waals surface area (Å²) in [5.41, 5.74) is -0.152. The molecule has 0 aromatic rings. The Bertz CT molecular complexity index is 164. The average Bonchev–Trinajstić information content (AvgIpc) is 1.82. The lowest BCUT2D eigenvalue weighted by Crippen LogP contribution is -2.57. The molecule has 0 aliphatic carbocycles. The minimum Gasteiger partial charge on any atom is -0.374 e. The molecule has 88 valence electrons. The van der Waals surface area contributed by atoms with Crippen LogP contribution in [0.4, 0.5) is 26.3 Å². The van der Waals surface area contributed by atoms with Crippen molar-refractivity contribution in [2.75, 3.05) is 6.54 Å². The molecule has 0 amide bonds. The van der Waals surface area contributed by atoms with E-state index in [4.69, 9.17) is 5.11 Å². The monoisotopic (exact) mass is 247 g/mol. The average molecular weight is 248 g/mol. The van der Waals surface area contributed by atoms with Crippen molar-refractivity contribution in [2.24, 2.45) is 5.73 Å². The Kier molecular flexibility index (Phi) is 5.26. The van der Waals surface area contributed by atoms with Crippen molar-refractivity contribution in [3.63, 3.8) is 0 Å². The molecule has 0 fully saturated rings. The molecule has 0 aromatic heterocycles. The molecule has 0 spiro atoms. The zero-order valence-electron chi connectivity index (χ0n) is 6.61. The predicted molar refractivity (Wildman–Crippen MR) is 38.0 cm³/mol. The first kappa shape index (κ1) is 16.2. The molecule has 2 nitrogen and oxygen atoms in total. The Balaban J connectivity index is 0. The van der Waals surface area contributed by atoms with E-state index in [-0.39, 0.29) is 12.4 Å². The lowest BCUT2D eigenvalue weighted by Gasteiger charge is -2.31. The Labute approximate surface area is 81.5 Å². The predicted octanol–water partition coefficient (Wildman–Crippen LogP) is 1.61. The zero-order valence-corrected chi connectivity index (χ0v) is 7.43. The number of alkyl halides is 6. The van der Waals surface area contributed by atoms with Crippen LogP contribution in [0.3, 0.4) is 0 Å². The van der Waals surface area contributed by atoms with Crippen LogP contribution in [-0.2, 0) is 0 Å². The largest absolute Gasteiger partial charge is 0.426 e. The maximum atomic E-state index is 11.8. The van der Waals surface area contributed by atoms with Crippen LogP contribution in [0.25, 0.3) is 0 Å². The smallest absolute Gasteiger partial charge is 0.374 e. The molecule has 0 atom stereocenters. The van der Waals surface area contributed by atoms with Gasteiger partial charge in [-0.05, 0) is 6.54 Å². The van der Waals surface area contributed by atoms with Gasteiger partial charge in [0.25, 0.3) is 5.60 Å². The molecule has 0 bridgehead atoms. The minimum absolute atomic E-state index is 0. The number of aliphatic hydroxyl groups is 1. The lowest BCUT2D eigenvalue weighted by atomic mass is 9.98.